The number of hydrogen-bond donors (Lipinski definition) is 1. The van der Waals surface area contributed by atoms with E-state index in [-0.39, 0.29) is 0 Å². The van der Waals surface area contributed by atoms with E-state index in [4.69, 9.17) is 0 Å². The van der Waals surface area contributed by atoms with Gasteiger partial charge in [0.1, 0.15) is 0 Å². The molecule has 1 saturated heterocycles. The summed E-state index contributed by atoms with van der Waals surface area (Å²) in [5.41, 5.74) is 2.96. The van der Waals surface area contributed by atoms with E-state index in [0.717, 1.165) is 35.8 Å². The van der Waals surface area contributed by atoms with E-state index in [1.807, 2.05) is 35.7 Å². The molecule has 27 heavy (non-hydrogen) atoms. The summed E-state index contributed by atoms with van der Waals surface area (Å²) in [5.74, 6) is 0. The van der Waals surface area contributed by atoms with Crippen molar-refractivity contribution in [1.82, 2.24) is 9.29 Å². The molecule has 0 saturated carbocycles. The van der Waals surface area contributed by atoms with Crippen molar-refractivity contribution in [1.29, 1.82) is 0 Å². The van der Waals surface area contributed by atoms with Crippen LogP contribution >= 0.6 is 11.3 Å². The lowest BCUT2D eigenvalue weighted by atomic mass is 10.2. The molecule has 0 unspecified atom stereocenters. The quantitative estimate of drug-likeness (QED) is 0.675. The van der Waals surface area contributed by atoms with E-state index >= 15 is 0 Å². The van der Waals surface area contributed by atoms with Crippen LogP contribution < -0.4 is 5.32 Å². The van der Waals surface area contributed by atoms with Gasteiger partial charge in [-0.15, -0.1) is 11.3 Å². The highest BCUT2D eigenvalue weighted by atomic mass is 32.2. The van der Waals surface area contributed by atoms with Crippen LogP contribution in [-0.2, 0) is 16.6 Å². The van der Waals surface area contributed by atoms with Gasteiger partial charge in [-0.3, -0.25) is 0 Å². The molecule has 1 aromatic heterocycles. The molecule has 2 heterocycles. The van der Waals surface area contributed by atoms with Crippen LogP contribution in [0.25, 0.3) is 11.3 Å². The van der Waals surface area contributed by atoms with E-state index in [0.29, 0.717) is 18.0 Å². The Kier molecular flexibility index (Phi) is 5.24. The van der Waals surface area contributed by atoms with Gasteiger partial charge in [0.15, 0.2) is 5.13 Å². The molecule has 3 aromatic rings. The highest BCUT2D eigenvalue weighted by Gasteiger charge is 2.26. The van der Waals surface area contributed by atoms with Crippen LogP contribution in [0.3, 0.4) is 0 Å². The maximum atomic E-state index is 12.6. The average Bonchev–Trinajstić information content (AvgIpc) is 3.40. The zero-order valence-electron chi connectivity index (χ0n) is 14.8. The number of rotatable bonds is 6. The van der Waals surface area contributed by atoms with Crippen molar-refractivity contribution < 1.29 is 8.42 Å². The zero-order valence-corrected chi connectivity index (χ0v) is 16.5. The largest absolute Gasteiger partial charge is 0.357 e. The first-order chi connectivity index (χ1) is 13.1. The van der Waals surface area contributed by atoms with Crippen LogP contribution in [0.2, 0.25) is 0 Å². The van der Waals surface area contributed by atoms with Gasteiger partial charge in [0.05, 0.1) is 10.6 Å². The highest BCUT2D eigenvalue weighted by Crippen LogP contribution is 2.27. The Bertz CT molecular complexity index is 993. The maximum Gasteiger partial charge on any atom is 0.243 e. The molecule has 1 N–H and O–H groups in total. The SMILES string of the molecule is O=S(=O)(c1ccc(-c2csc(NCc3ccccc3)n2)cc1)N1CCCC1. The number of hydrogen-bond acceptors (Lipinski definition) is 5. The van der Waals surface area contributed by atoms with Crippen LogP contribution in [0.5, 0.6) is 0 Å². The van der Waals surface area contributed by atoms with E-state index in [1.165, 1.54) is 5.56 Å². The van der Waals surface area contributed by atoms with Crippen molar-refractivity contribution >= 4 is 26.5 Å². The van der Waals surface area contributed by atoms with Crippen LogP contribution in [0.15, 0.2) is 64.9 Å². The first-order valence-electron chi connectivity index (χ1n) is 8.97. The van der Waals surface area contributed by atoms with Crippen molar-refractivity contribution in [3.8, 4) is 11.3 Å². The van der Waals surface area contributed by atoms with Crippen LogP contribution in [0.4, 0.5) is 5.13 Å². The topological polar surface area (TPSA) is 62.3 Å². The third-order valence-electron chi connectivity index (χ3n) is 4.64. The van der Waals surface area contributed by atoms with E-state index in [9.17, 15) is 8.42 Å². The number of nitrogens with one attached hydrogen (secondary N) is 1. The van der Waals surface area contributed by atoms with Gasteiger partial charge in [-0.05, 0) is 30.5 Å². The summed E-state index contributed by atoms with van der Waals surface area (Å²) in [5, 5.41) is 6.16. The lowest BCUT2D eigenvalue weighted by Crippen LogP contribution is -2.27. The second kappa shape index (κ2) is 7.80. The number of anilines is 1. The minimum Gasteiger partial charge on any atom is -0.357 e. The Hall–Kier alpha value is -2.22. The minimum atomic E-state index is -3.37. The standard InChI is InChI=1S/C20H21N3O2S2/c24-27(25,23-12-4-5-13-23)18-10-8-17(9-11-18)19-15-26-20(22-19)21-14-16-6-2-1-3-7-16/h1-3,6-11,15H,4-5,12-14H2,(H,21,22). The molecule has 0 spiro atoms. The Labute approximate surface area is 163 Å². The molecule has 4 rings (SSSR count). The summed E-state index contributed by atoms with van der Waals surface area (Å²) < 4.78 is 26.8. The molecule has 0 bridgehead atoms. The van der Waals surface area contributed by atoms with E-state index < -0.39 is 10.0 Å². The summed E-state index contributed by atoms with van der Waals surface area (Å²) in [6, 6.07) is 17.2. The Morgan fingerprint density at radius 2 is 1.70 bits per heavy atom. The molecule has 0 aliphatic carbocycles. The highest BCUT2D eigenvalue weighted by molar-refractivity contribution is 7.89. The second-order valence-corrected chi connectivity index (χ2v) is 9.31. The lowest BCUT2D eigenvalue weighted by Gasteiger charge is -2.15. The molecule has 0 radical (unpaired) electrons. The van der Waals surface area contributed by atoms with Crippen molar-refractivity contribution in [2.24, 2.45) is 0 Å². The van der Waals surface area contributed by atoms with Gasteiger partial charge < -0.3 is 5.32 Å². The maximum absolute atomic E-state index is 12.6. The van der Waals surface area contributed by atoms with Crippen molar-refractivity contribution in [2.75, 3.05) is 18.4 Å². The molecule has 5 nitrogen and oxygen atoms in total. The fourth-order valence-corrected chi connectivity index (χ4v) is 5.37. The first kappa shape index (κ1) is 18.2. The van der Waals surface area contributed by atoms with Gasteiger partial charge in [0.25, 0.3) is 0 Å². The van der Waals surface area contributed by atoms with Gasteiger partial charge in [-0.1, -0.05) is 42.5 Å². The van der Waals surface area contributed by atoms with Gasteiger partial charge in [0, 0.05) is 30.6 Å². The molecule has 2 aromatic carbocycles. The summed E-state index contributed by atoms with van der Waals surface area (Å²) in [4.78, 5) is 4.97. The van der Waals surface area contributed by atoms with Crippen molar-refractivity contribution in [3.05, 3.63) is 65.5 Å². The molecule has 7 heteroatoms. The second-order valence-electron chi connectivity index (χ2n) is 6.51. The monoisotopic (exact) mass is 399 g/mol. The molecule has 0 atom stereocenters. The van der Waals surface area contributed by atoms with Gasteiger partial charge in [-0.25, -0.2) is 13.4 Å². The third kappa shape index (κ3) is 4.05. The lowest BCUT2D eigenvalue weighted by molar-refractivity contribution is 0.477. The molecule has 1 aliphatic rings. The molecule has 0 amide bonds. The first-order valence-corrected chi connectivity index (χ1v) is 11.3. The van der Waals surface area contributed by atoms with Crippen LogP contribution in [0.1, 0.15) is 18.4 Å². The number of benzene rings is 2. The fourth-order valence-electron chi connectivity index (χ4n) is 3.14. The van der Waals surface area contributed by atoms with E-state index in [1.54, 1.807) is 27.8 Å². The summed E-state index contributed by atoms with van der Waals surface area (Å²) in [6.45, 7) is 1.96. The molecule has 1 aliphatic heterocycles. The van der Waals surface area contributed by atoms with Gasteiger partial charge in [0.2, 0.25) is 10.0 Å². The summed E-state index contributed by atoms with van der Waals surface area (Å²) >= 11 is 1.55. The number of aromatic nitrogens is 1. The molecule has 140 valence electrons. The van der Waals surface area contributed by atoms with Crippen molar-refractivity contribution in [2.45, 2.75) is 24.3 Å². The van der Waals surface area contributed by atoms with Crippen molar-refractivity contribution in [3.63, 3.8) is 0 Å². The number of thiazole rings is 1. The smallest absolute Gasteiger partial charge is 0.243 e. The predicted molar refractivity (Wildman–Crippen MR) is 109 cm³/mol. The van der Waals surface area contributed by atoms with Crippen LogP contribution in [-0.4, -0.2) is 30.8 Å². The van der Waals surface area contributed by atoms with E-state index in [2.05, 4.69) is 22.4 Å². The predicted octanol–water partition coefficient (Wildman–Crippen LogP) is 4.21. The molecular weight excluding hydrogens is 378 g/mol. The summed E-state index contributed by atoms with van der Waals surface area (Å²) in [7, 11) is -3.37. The Balaban J connectivity index is 1.45. The van der Waals surface area contributed by atoms with Gasteiger partial charge >= 0.3 is 0 Å². The summed E-state index contributed by atoms with van der Waals surface area (Å²) in [6.07, 6.45) is 1.88. The zero-order chi connectivity index (χ0) is 18.7. The Morgan fingerprint density at radius 3 is 2.41 bits per heavy atom. The average molecular weight is 400 g/mol. The van der Waals surface area contributed by atoms with Gasteiger partial charge in [-0.2, -0.15) is 4.31 Å². The normalized spacial score (nSPS) is 15.1. The third-order valence-corrected chi connectivity index (χ3v) is 7.36. The van der Waals surface area contributed by atoms with Crippen LogP contribution in [0, 0.1) is 0 Å². The number of nitrogens with zero attached hydrogens (tertiary/aromatic N) is 2. The molecule has 1 fully saturated rings. The number of sulfonamides is 1. The fraction of sp³-hybridized carbons (Fsp3) is 0.250. The molecular formula is C20H21N3O2S2. The minimum absolute atomic E-state index is 0.353. The Morgan fingerprint density at radius 1 is 1.00 bits per heavy atom.